The normalized spacial score (nSPS) is 14.9. The largest absolute Gasteiger partial charge is 0.497 e. The van der Waals surface area contributed by atoms with Gasteiger partial charge >= 0.3 is 0 Å². The van der Waals surface area contributed by atoms with E-state index in [2.05, 4.69) is 20.6 Å². The highest BCUT2D eigenvalue weighted by atomic mass is 16.5. The third-order valence-electron chi connectivity index (χ3n) is 4.76. The minimum Gasteiger partial charge on any atom is -0.497 e. The highest BCUT2D eigenvalue weighted by Gasteiger charge is 2.15. The van der Waals surface area contributed by atoms with Gasteiger partial charge in [0.1, 0.15) is 11.5 Å². The zero-order valence-corrected chi connectivity index (χ0v) is 15.8. The summed E-state index contributed by atoms with van der Waals surface area (Å²) in [4.78, 5) is 21.1. The molecule has 3 rings (SSSR count). The number of aromatic nitrogens is 2. The Kier molecular flexibility index (Phi) is 6.46. The number of ether oxygens (including phenoxy) is 2. The molecule has 1 aliphatic rings. The van der Waals surface area contributed by atoms with Gasteiger partial charge in [-0.1, -0.05) is 25.7 Å². The number of anilines is 2. The zero-order valence-electron chi connectivity index (χ0n) is 15.8. The van der Waals surface area contributed by atoms with E-state index in [1.165, 1.54) is 38.1 Å². The average molecular weight is 370 g/mol. The van der Waals surface area contributed by atoms with Crippen LogP contribution in [0.15, 0.2) is 30.6 Å². The quantitative estimate of drug-likeness (QED) is 0.751. The first kappa shape index (κ1) is 18.9. The molecule has 0 radical (unpaired) electrons. The SMILES string of the molecule is COc1ccc(OC)c(NC(=O)c2cnc(NC3CCCCCC3)nc2)c1. The molecule has 7 nitrogen and oxygen atoms in total. The number of carbonyl (C=O) groups excluding carboxylic acids is 1. The maximum Gasteiger partial charge on any atom is 0.258 e. The van der Waals surface area contributed by atoms with E-state index in [0.717, 1.165) is 12.8 Å². The van der Waals surface area contributed by atoms with Gasteiger partial charge < -0.3 is 20.1 Å². The number of hydrogen-bond donors (Lipinski definition) is 2. The standard InChI is InChI=1S/C20H26N4O3/c1-26-16-9-10-18(27-2)17(11-16)24-19(25)14-12-21-20(22-13-14)23-15-7-5-3-4-6-8-15/h9-13,15H,3-8H2,1-2H3,(H,24,25)(H,21,22,23). The van der Waals surface area contributed by atoms with E-state index in [9.17, 15) is 4.79 Å². The van der Waals surface area contributed by atoms with Crippen LogP contribution in [0.1, 0.15) is 48.9 Å². The topological polar surface area (TPSA) is 85.4 Å². The molecule has 0 atom stereocenters. The number of amides is 1. The van der Waals surface area contributed by atoms with E-state index >= 15 is 0 Å². The molecule has 0 aliphatic heterocycles. The summed E-state index contributed by atoms with van der Waals surface area (Å²) in [6, 6.07) is 5.63. The Morgan fingerprint density at radius 2 is 1.74 bits per heavy atom. The van der Waals surface area contributed by atoms with Crippen molar-refractivity contribution in [3.05, 3.63) is 36.2 Å². The van der Waals surface area contributed by atoms with Gasteiger partial charge in [-0.25, -0.2) is 9.97 Å². The average Bonchev–Trinajstić information content (AvgIpc) is 2.97. The van der Waals surface area contributed by atoms with Crippen LogP contribution in [0.2, 0.25) is 0 Å². The van der Waals surface area contributed by atoms with Crippen LogP contribution in [0.3, 0.4) is 0 Å². The lowest BCUT2D eigenvalue weighted by Gasteiger charge is -2.16. The van der Waals surface area contributed by atoms with Crippen molar-refractivity contribution < 1.29 is 14.3 Å². The van der Waals surface area contributed by atoms with Crippen molar-refractivity contribution >= 4 is 17.5 Å². The molecule has 1 amide bonds. The summed E-state index contributed by atoms with van der Waals surface area (Å²) in [5.41, 5.74) is 0.911. The molecule has 1 aromatic heterocycles. The molecule has 0 saturated heterocycles. The van der Waals surface area contributed by atoms with E-state index in [-0.39, 0.29) is 5.91 Å². The van der Waals surface area contributed by atoms with Gasteiger partial charge in [0, 0.05) is 24.5 Å². The van der Waals surface area contributed by atoms with Crippen LogP contribution in [0, 0.1) is 0 Å². The Bertz CT molecular complexity index is 756. The van der Waals surface area contributed by atoms with E-state index in [1.54, 1.807) is 32.4 Å². The maximum absolute atomic E-state index is 12.5. The van der Waals surface area contributed by atoms with Crippen molar-refractivity contribution in [1.29, 1.82) is 0 Å². The fourth-order valence-corrected chi connectivity index (χ4v) is 3.23. The Morgan fingerprint density at radius 1 is 1.04 bits per heavy atom. The molecule has 2 aromatic rings. The number of methoxy groups -OCH3 is 2. The number of hydrogen-bond acceptors (Lipinski definition) is 6. The maximum atomic E-state index is 12.5. The van der Waals surface area contributed by atoms with Gasteiger partial charge in [0.15, 0.2) is 0 Å². The summed E-state index contributed by atoms with van der Waals surface area (Å²) in [5.74, 6) is 1.45. The number of nitrogens with one attached hydrogen (secondary N) is 2. The number of nitrogens with zero attached hydrogens (tertiary/aromatic N) is 2. The molecule has 1 aliphatic carbocycles. The molecule has 27 heavy (non-hydrogen) atoms. The lowest BCUT2D eigenvalue weighted by molar-refractivity contribution is 0.102. The van der Waals surface area contributed by atoms with Crippen molar-refractivity contribution in [3.8, 4) is 11.5 Å². The minimum absolute atomic E-state index is 0.303. The second kappa shape index (κ2) is 9.21. The predicted molar refractivity (Wildman–Crippen MR) is 105 cm³/mol. The molecule has 0 bridgehead atoms. The molecule has 2 N–H and O–H groups in total. The van der Waals surface area contributed by atoms with Gasteiger partial charge in [-0.05, 0) is 25.0 Å². The molecule has 1 heterocycles. The highest BCUT2D eigenvalue weighted by molar-refractivity contribution is 6.04. The molecule has 7 heteroatoms. The predicted octanol–water partition coefficient (Wildman–Crippen LogP) is 3.88. The highest BCUT2D eigenvalue weighted by Crippen LogP contribution is 2.29. The fraction of sp³-hybridized carbons (Fsp3) is 0.450. The Labute approximate surface area is 159 Å². The summed E-state index contributed by atoms with van der Waals surface area (Å²) >= 11 is 0. The lowest BCUT2D eigenvalue weighted by atomic mass is 10.1. The van der Waals surface area contributed by atoms with Crippen LogP contribution in [0.25, 0.3) is 0 Å². The monoisotopic (exact) mass is 370 g/mol. The first-order chi connectivity index (χ1) is 13.2. The number of rotatable bonds is 6. The van der Waals surface area contributed by atoms with Crippen molar-refractivity contribution in [2.75, 3.05) is 24.9 Å². The Hall–Kier alpha value is -2.83. The smallest absolute Gasteiger partial charge is 0.258 e. The van der Waals surface area contributed by atoms with E-state index < -0.39 is 0 Å². The van der Waals surface area contributed by atoms with Gasteiger partial charge in [-0.15, -0.1) is 0 Å². The number of carbonyl (C=O) groups is 1. The van der Waals surface area contributed by atoms with Crippen LogP contribution in [0.5, 0.6) is 11.5 Å². The molecule has 0 unspecified atom stereocenters. The zero-order chi connectivity index (χ0) is 19.1. The van der Waals surface area contributed by atoms with Crippen molar-refractivity contribution in [3.63, 3.8) is 0 Å². The van der Waals surface area contributed by atoms with Gasteiger partial charge in [0.05, 0.1) is 25.5 Å². The van der Waals surface area contributed by atoms with Crippen molar-refractivity contribution in [2.45, 2.75) is 44.6 Å². The van der Waals surface area contributed by atoms with Gasteiger partial charge in [-0.3, -0.25) is 4.79 Å². The van der Waals surface area contributed by atoms with E-state index in [0.29, 0.717) is 34.7 Å². The summed E-state index contributed by atoms with van der Waals surface area (Å²) in [7, 11) is 3.12. The molecule has 1 aromatic carbocycles. The van der Waals surface area contributed by atoms with E-state index in [4.69, 9.17) is 9.47 Å². The molecule has 0 spiro atoms. The molecule has 1 saturated carbocycles. The first-order valence-corrected chi connectivity index (χ1v) is 9.31. The molecule has 144 valence electrons. The second-order valence-corrected chi connectivity index (χ2v) is 6.65. The van der Waals surface area contributed by atoms with Crippen molar-refractivity contribution in [1.82, 2.24) is 9.97 Å². The van der Waals surface area contributed by atoms with Crippen LogP contribution in [0.4, 0.5) is 11.6 Å². The third kappa shape index (κ3) is 5.09. The van der Waals surface area contributed by atoms with E-state index in [1.807, 2.05) is 0 Å². The van der Waals surface area contributed by atoms with Crippen LogP contribution >= 0.6 is 0 Å². The van der Waals surface area contributed by atoms with Crippen LogP contribution in [-0.4, -0.2) is 36.1 Å². The van der Waals surface area contributed by atoms with Crippen LogP contribution < -0.4 is 20.1 Å². The minimum atomic E-state index is -0.303. The Balaban J connectivity index is 1.65. The second-order valence-electron chi connectivity index (χ2n) is 6.65. The Morgan fingerprint density at radius 3 is 2.37 bits per heavy atom. The van der Waals surface area contributed by atoms with Gasteiger partial charge in [-0.2, -0.15) is 0 Å². The summed E-state index contributed by atoms with van der Waals surface area (Å²) in [5, 5.41) is 6.20. The summed E-state index contributed by atoms with van der Waals surface area (Å²) in [6.45, 7) is 0. The summed E-state index contributed by atoms with van der Waals surface area (Å²) < 4.78 is 10.5. The number of benzene rings is 1. The first-order valence-electron chi connectivity index (χ1n) is 9.31. The summed E-state index contributed by atoms with van der Waals surface area (Å²) in [6.07, 6.45) is 10.4. The van der Waals surface area contributed by atoms with Gasteiger partial charge in [0.2, 0.25) is 5.95 Å². The van der Waals surface area contributed by atoms with Gasteiger partial charge in [0.25, 0.3) is 5.91 Å². The third-order valence-corrected chi connectivity index (χ3v) is 4.76. The fourth-order valence-electron chi connectivity index (χ4n) is 3.23. The lowest BCUT2D eigenvalue weighted by Crippen LogP contribution is -2.20. The molecular weight excluding hydrogens is 344 g/mol. The van der Waals surface area contributed by atoms with Crippen LogP contribution in [-0.2, 0) is 0 Å². The van der Waals surface area contributed by atoms with Crippen molar-refractivity contribution in [2.24, 2.45) is 0 Å². The molecule has 1 fully saturated rings. The molecular formula is C20H26N4O3.